The number of hydrogen-bond acceptors (Lipinski definition) is 4. The molecular formula is C27H30N2O3. The van der Waals surface area contributed by atoms with E-state index in [1.165, 1.54) is 27.7 Å². The van der Waals surface area contributed by atoms with Crippen molar-refractivity contribution in [1.82, 2.24) is 9.47 Å². The number of aryl methyl sites for hydroxylation is 2. The smallest absolute Gasteiger partial charge is 0.161 e. The standard InChI is InChI=1S/C27H30N2O3/c1-15-23-19(18-7-3-5-16-6-4-11-29(23)24(16)18)14-27(32)21-13-17-8-9-20(30)25(31)22(17)26(15,27)10-12-28(21)2/h3,5,7-9,15,21,30-32H,4,6,10-14H2,1-2H3/t15?,21-,26-,27-/m1/s1. The number of piperidine rings is 1. The molecule has 166 valence electrons. The highest BCUT2D eigenvalue weighted by Crippen LogP contribution is 2.65. The molecule has 3 heterocycles. The van der Waals surface area contributed by atoms with E-state index in [0.29, 0.717) is 12.8 Å². The van der Waals surface area contributed by atoms with Gasteiger partial charge in [-0.05, 0) is 62.0 Å². The van der Waals surface area contributed by atoms with Crippen LogP contribution in [0.25, 0.3) is 10.9 Å². The number of para-hydroxylation sites is 1. The molecular weight excluding hydrogens is 400 g/mol. The summed E-state index contributed by atoms with van der Waals surface area (Å²) in [6.07, 6.45) is 4.26. The van der Waals surface area contributed by atoms with Gasteiger partial charge in [0.1, 0.15) is 0 Å². The second kappa shape index (κ2) is 5.89. The number of likely N-dealkylation sites (tertiary alicyclic amines) is 1. The molecule has 0 spiro atoms. The van der Waals surface area contributed by atoms with E-state index in [9.17, 15) is 15.3 Å². The van der Waals surface area contributed by atoms with Crippen LogP contribution in [0.4, 0.5) is 0 Å². The van der Waals surface area contributed by atoms with E-state index in [-0.39, 0.29) is 23.5 Å². The summed E-state index contributed by atoms with van der Waals surface area (Å²) in [6.45, 7) is 4.12. The van der Waals surface area contributed by atoms with Crippen LogP contribution in [0.15, 0.2) is 30.3 Å². The molecule has 2 aliphatic heterocycles. The summed E-state index contributed by atoms with van der Waals surface area (Å²) in [4.78, 5) is 2.31. The van der Waals surface area contributed by atoms with E-state index < -0.39 is 11.0 Å². The fourth-order valence-corrected chi connectivity index (χ4v) is 8.25. The highest BCUT2D eigenvalue weighted by atomic mass is 16.3. The molecule has 0 radical (unpaired) electrons. The summed E-state index contributed by atoms with van der Waals surface area (Å²) >= 11 is 0. The fourth-order valence-electron chi connectivity index (χ4n) is 8.25. The maximum atomic E-state index is 12.7. The van der Waals surface area contributed by atoms with Crippen molar-refractivity contribution in [3.63, 3.8) is 0 Å². The van der Waals surface area contributed by atoms with Crippen molar-refractivity contribution in [2.45, 2.75) is 68.5 Å². The highest BCUT2D eigenvalue weighted by molar-refractivity contribution is 5.90. The molecule has 1 fully saturated rings. The largest absolute Gasteiger partial charge is 0.504 e. The Balaban J connectivity index is 1.60. The van der Waals surface area contributed by atoms with E-state index in [2.05, 4.69) is 41.6 Å². The van der Waals surface area contributed by atoms with Crippen molar-refractivity contribution in [2.24, 2.45) is 0 Å². The third-order valence-corrected chi connectivity index (χ3v) is 9.56. The molecule has 32 heavy (non-hydrogen) atoms. The van der Waals surface area contributed by atoms with Gasteiger partial charge in [0.2, 0.25) is 0 Å². The Labute approximate surface area is 187 Å². The molecule has 0 amide bonds. The molecule has 4 atom stereocenters. The van der Waals surface area contributed by atoms with Crippen LogP contribution in [0.2, 0.25) is 0 Å². The predicted octanol–water partition coefficient (Wildman–Crippen LogP) is 3.59. The van der Waals surface area contributed by atoms with Crippen LogP contribution >= 0.6 is 0 Å². The van der Waals surface area contributed by atoms with Gasteiger partial charge in [0, 0.05) is 47.0 Å². The minimum atomic E-state index is -1.01. The number of benzene rings is 2. The van der Waals surface area contributed by atoms with E-state index in [1.54, 1.807) is 6.07 Å². The van der Waals surface area contributed by atoms with Gasteiger partial charge >= 0.3 is 0 Å². The molecule has 3 N–H and O–H groups in total. The first-order chi connectivity index (χ1) is 15.4. The zero-order valence-corrected chi connectivity index (χ0v) is 18.7. The van der Waals surface area contributed by atoms with Crippen molar-refractivity contribution in [3.8, 4) is 11.5 Å². The second-order valence-electron chi connectivity index (χ2n) is 10.6. The van der Waals surface area contributed by atoms with Gasteiger partial charge in [-0.3, -0.25) is 0 Å². The lowest BCUT2D eigenvalue weighted by atomic mass is 9.46. The summed E-state index contributed by atoms with van der Waals surface area (Å²) in [5.74, 6) is -0.0907. The average molecular weight is 431 g/mol. The summed E-state index contributed by atoms with van der Waals surface area (Å²) in [7, 11) is 2.12. The van der Waals surface area contributed by atoms with Crippen LogP contribution in [-0.4, -0.2) is 50.0 Å². The monoisotopic (exact) mass is 430 g/mol. The van der Waals surface area contributed by atoms with E-state index >= 15 is 0 Å². The average Bonchev–Trinajstić information content (AvgIpc) is 3.09. The molecule has 1 aromatic heterocycles. The van der Waals surface area contributed by atoms with Crippen LogP contribution in [0, 0.1) is 0 Å². The number of aromatic hydroxyl groups is 2. The first kappa shape index (κ1) is 19.0. The molecule has 2 bridgehead atoms. The summed E-state index contributed by atoms with van der Waals surface area (Å²) in [5.41, 5.74) is 5.59. The van der Waals surface area contributed by atoms with Crippen LogP contribution in [-0.2, 0) is 31.2 Å². The van der Waals surface area contributed by atoms with Crippen LogP contribution in [0.5, 0.6) is 11.5 Å². The predicted molar refractivity (Wildman–Crippen MR) is 124 cm³/mol. The van der Waals surface area contributed by atoms with Gasteiger partial charge in [-0.25, -0.2) is 0 Å². The molecule has 1 saturated heterocycles. The number of aliphatic hydroxyl groups is 1. The Morgan fingerprint density at radius 3 is 2.75 bits per heavy atom. The van der Waals surface area contributed by atoms with Crippen LogP contribution in [0.3, 0.4) is 0 Å². The lowest BCUT2D eigenvalue weighted by molar-refractivity contribution is -0.154. The topological polar surface area (TPSA) is 68.9 Å². The molecule has 7 rings (SSSR count). The van der Waals surface area contributed by atoms with E-state index in [0.717, 1.165) is 43.5 Å². The van der Waals surface area contributed by atoms with E-state index in [1.807, 2.05) is 6.07 Å². The lowest BCUT2D eigenvalue weighted by Crippen LogP contribution is -2.74. The Morgan fingerprint density at radius 2 is 1.91 bits per heavy atom. The number of phenols is 2. The minimum absolute atomic E-state index is 0.0185. The number of nitrogens with zero attached hydrogens (tertiary/aromatic N) is 2. The third kappa shape index (κ3) is 1.91. The van der Waals surface area contributed by atoms with Crippen molar-refractivity contribution in [2.75, 3.05) is 13.6 Å². The minimum Gasteiger partial charge on any atom is -0.504 e. The molecule has 4 aliphatic rings. The van der Waals surface area contributed by atoms with Crippen molar-refractivity contribution < 1.29 is 15.3 Å². The lowest BCUT2D eigenvalue weighted by Gasteiger charge is -2.65. The van der Waals surface area contributed by atoms with Gasteiger partial charge in [-0.1, -0.05) is 31.2 Å². The Morgan fingerprint density at radius 1 is 1.06 bits per heavy atom. The molecule has 2 aromatic carbocycles. The second-order valence-corrected chi connectivity index (χ2v) is 10.6. The number of fused-ring (bicyclic) bond motifs is 4. The zero-order chi connectivity index (χ0) is 22.0. The molecule has 2 aliphatic carbocycles. The summed E-state index contributed by atoms with van der Waals surface area (Å²) < 4.78 is 2.52. The first-order valence-corrected chi connectivity index (χ1v) is 12.0. The zero-order valence-electron chi connectivity index (χ0n) is 18.7. The van der Waals surface area contributed by atoms with Crippen LogP contribution < -0.4 is 0 Å². The molecule has 0 saturated carbocycles. The molecule has 1 unspecified atom stereocenters. The van der Waals surface area contributed by atoms with Crippen molar-refractivity contribution in [3.05, 3.63) is 58.3 Å². The SMILES string of the molecule is CC1c2c(c3cccc4c3n2CCC4)C[C@@]2(O)[C@H]3Cc4ccc(O)c(O)c4[C@@]12CCN3C. The Bertz CT molecular complexity index is 1310. The van der Waals surface area contributed by atoms with Crippen molar-refractivity contribution >= 4 is 10.9 Å². The number of hydrogen-bond donors (Lipinski definition) is 3. The summed E-state index contributed by atoms with van der Waals surface area (Å²) in [5, 5.41) is 35.6. The third-order valence-electron chi connectivity index (χ3n) is 9.56. The number of likely N-dealkylation sites (N-methyl/N-ethyl adjacent to an activating group) is 1. The quantitative estimate of drug-likeness (QED) is 0.477. The Kier molecular flexibility index (Phi) is 3.50. The summed E-state index contributed by atoms with van der Waals surface area (Å²) in [6, 6.07) is 10.2. The Hall–Kier alpha value is -2.50. The van der Waals surface area contributed by atoms with Gasteiger partial charge in [0.05, 0.1) is 11.1 Å². The van der Waals surface area contributed by atoms with Gasteiger partial charge in [0.25, 0.3) is 0 Å². The van der Waals surface area contributed by atoms with Crippen molar-refractivity contribution in [1.29, 1.82) is 0 Å². The van der Waals surface area contributed by atoms with Gasteiger partial charge in [-0.15, -0.1) is 0 Å². The van der Waals surface area contributed by atoms with E-state index in [4.69, 9.17) is 0 Å². The number of phenolic OH excluding ortho intramolecular Hbond substituents is 2. The fraction of sp³-hybridized carbons (Fsp3) is 0.481. The van der Waals surface area contributed by atoms with Crippen LogP contribution in [0.1, 0.15) is 53.6 Å². The number of rotatable bonds is 0. The number of aromatic nitrogens is 1. The molecule has 5 nitrogen and oxygen atoms in total. The maximum Gasteiger partial charge on any atom is 0.161 e. The van der Waals surface area contributed by atoms with Gasteiger partial charge < -0.3 is 24.8 Å². The normalized spacial score (nSPS) is 33.0. The molecule has 5 heteroatoms. The highest BCUT2D eigenvalue weighted by Gasteiger charge is 2.68. The van der Waals surface area contributed by atoms with Gasteiger partial charge in [-0.2, -0.15) is 0 Å². The first-order valence-electron chi connectivity index (χ1n) is 12.0. The van der Waals surface area contributed by atoms with Gasteiger partial charge in [0.15, 0.2) is 11.5 Å². The maximum absolute atomic E-state index is 12.7. The molecule has 3 aromatic rings.